The van der Waals surface area contributed by atoms with E-state index in [4.69, 9.17) is 14.6 Å². The van der Waals surface area contributed by atoms with E-state index in [-0.39, 0.29) is 5.41 Å². The number of alkyl halides is 3. The fraction of sp³-hybridized carbons (Fsp3) is 0.611. The highest BCUT2D eigenvalue weighted by molar-refractivity contribution is 7.88. The third-order valence-corrected chi connectivity index (χ3v) is 5.75. The zero-order valence-electron chi connectivity index (χ0n) is 16.0. The van der Waals surface area contributed by atoms with Gasteiger partial charge in [0.1, 0.15) is 0 Å². The number of fused-ring (bicyclic) bond motifs is 1. The van der Waals surface area contributed by atoms with Gasteiger partial charge in [0.2, 0.25) is 10.0 Å². The minimum Gasteiger partial charge on any atom is -0.475 e. The number of likely N-dealkylation sites (tertiary alicyclic amines) is 1. The molecule has 2 saturated heterocycles. The molecule has 164 valence electrons. The van der Waals surface area contributed by atoms with Crippen LogP contribution in [0.4, 0.5) is 13.2 Å². The minimum atomic E-state index is -5.08. The summed E-state index contributed by atoms with van der Waals surface area (Å²) in [5.41, 5.74) is 1.29. The van der Waals surface area contributed by atoms with Crippen molar-refractivity contribution in [2.45, 2.75) is 12.6 Å². The molecule has 2 aliphatic rings. The van der Waals surface area contributed by atoms with Gasteiger partial charge < -0.3 is 14.7 Å². The number of carboxylic acid groups (broad SMARTS) is 1. The summed E-state index contributed by atoms with van der Waals surface area (Å²) in [6.07, 6.45) is -2.83. The van der Waals surface area contributed by atoms with Gasteiger partial charge in [-0.1, -0.05) is 30.3 Å². The first kappa shape index (κ1) is 23.6. The SMILES string of the molecule is CS(=O)(=O)NC[C@]12COC[C@H]1CN(CCc1ccccc1)C2.O=C(O)C(F)(F)F. The molecule has 2 fully saturated rings. The summed E-state index contributed by atoms with van der Waals surface area (Å²) in [7, 11) is -3.15. The molecule has 0 aliphatic carbocycles. The maximum Gasteiger partial charge on any atom is 0.490 e. The van der Waals surface area contributed by atoms with Crippen molar-refractivity contribution < 1.29 is 36.2 Å². The molecule has 1 aromatic rings. The van der Waals surface area contributed by atoms with Crippen LogP contribution in [0.25, 0.3) is 0 Å². The standard InChI is InChI=1S/C16H24N2O3S.C2HF3O2/c1-22(19,20)17-11-16-12-18(9-15(16)10-21-13-16)8-7-14-5-3-2-4-6-14;3-2(4,5)1(6)7/h2-6,15,17H,7-13H2,1H3;(H,6,7)/t15-,16+;/m1./s1. The van der Waals surface area contributed by atoms with Crippen LogP contribution in [0, 0.1) is 11.3 Å². The van der Waals surface area contributed by atoms with Crippen molar-refractivity contribution in [1.82, 2.24) is 9.62 Å². The summed E-state index contributed by atoms with van der Waals surface area (Å²) in [6.45, 7) is 4.81. The van der Waals surface area contributed by atoms with Crippen LogP contribution in [0.15, 0.2) is 30.3 Å². The monoisotopic (exact) mass is 438 g/mol. The summed E-state index contributed by atoms with van der Waals surface area (Å²) in [4.78, 5) is 11.3. The Labute approximate surface area is 167 Å². The molecule has 2 heterocycles. The minimum absolute atomic E-state index is 0.0558. The number of nitrogens with zero attached hydrogens (tertiary/aromatic N) is 1. The predicted octanol–water partition coefficient (Wildman–Crippen LogP) is 1.36. The van der Waals surface area contributed by atoms with Crippen molar-refractivity contribution in [2.75, 3.05) is 45.6 Å². The Kier molecular flexibility index (Phi) is 7.66. The van der Waals surface area contributed by atoms with E-state index >= 15 is 0 Å². The molecular weight excluding hydrogens is 413 g/mol. The second kappa shape index (κ2) is 9.41. The molecule has 2 aliphatic heterocycles. The van der Waals surface area contributed by atoms with Crippen molar-refractivity contribution in [3.63, 3.8) is 0 Å². The molecule has 0 saturated carbocycles. The molecule has 0 spiro atoms. The fourth-order valence-corrected chi connectivity index (χ4v) is 4.12. The van der Waals surface area contributed by atoms with Crippen LogP contribution in [-0.4, -0.2) is 76.2 Å². The second-order valence-corrected chi connectivity index (χ2v) is 9.27. The Hall–Kier alpha value is -1.69. The van der Waals surface area contributed by atoms with E-state index in [2.05, 4.69) is 33.9 Å². The Morgan fingerprint density at radius 1 is 1.34 bits per heavy atom. The van der Waals surface area contributed by atoms with Crippen LogP contribution in [0.1, 0.15) is 5.56 Å². The third kappa shape index (κ3) is 7.25. The van der Waals surface area contributed by atoms with Gasteiger partial charge >= 0.3 is 12.1 Å². The van der Waals surface area contributed by atoms with Gasteiger partial charge in [-0.15, -0.1) is 0 Å². The molecule has 0 aromatic heterocycles. The summed E-state index contributed by atoms with van der Waals surface area (Å²) >= 11 is 0. The number of hydrogen-bond donors (Lipinski definition) is 2. The Bertz CT molecular complexity index is 788. The van der Waals surface area contributed by atoms with Crippen molar-refractivity contribution in [1.29, 1.82) is 0 Å². The van der Waals surface area contributed by atoms with Crippen LogP contribution in [-0.2, 0) is 26.0 Å². The number of rotatable bonds is 6. The van der Waals surface area contributed by atoms with Crippen LogP contribution in [0.3, 0.4) is 0 Å². The van der Waals surface area contributed by atoms with Crippen molar-refractivity contribution >= 4 is 16.0 Å². The van der Waals surface area contributed by atoms with E-state index in [1.54, 1.807) is 0 Å². The highest BCUT2D eigenvalue weighted by Crippen LogP contribution is 2.40. The summed E-state index contributed by atoms with van der Waals surface area (Å²) < 4.78 is 62.9. The maximum atomic E-state index is 11.4. The molecule has 3 rings (SSSR count). The van der Waals surface area contributed by atoms with Crippen molar-refractivity contribution in [3.05, 3.63) is 35.9 Å². The average Bonchev–Trinajstić information content (AvgIpc) is 3.15. The zero-order valence-corrected chi connectivity index (χ0v) is 16.8. The lowest BCUT2D eigenvalue weighted by Gasteiger charge is -2.27. The quantitative estimate of drug-likeness (QED) is 0.697. The highest BCUT2D eigenvalue weighted by Gasteiger charge is 2.50. The number of aliphatic carboxylic acids is 1. The van der Waals surface area contributed by atoms with Gasteiger partial charge in [-0.25, -0.2) is 17.9 Å². The van der Waals surface area contributed by atoms with Crippen LogP contribution < -0.4 is 4.72 Å². The van der Waals surface area contributed by atoms with Crippen LogP contribution in [0.5, 0.6) is 0 Å². The topological polar surface area (TPSA) is 95.9 Å². The van der Waals surface area contributed by atoms with Gasteiger partial charge in [0.15, 0.2) is 0 Å². The number of carboxylic acids is 1. The normalized spacial score (nSPS) is 24.6. The van der Waals surface area contributed by atoms with Crippen molar-refractivity contribution in [3.8, 4) is 0 Å². The first-order valence-electron chi connectivity index (χ1n) is 9.00. The van der Waals surface area contributed by atoms with E-state index in [9.17, 15) is 21.6 Å². The first-order valence-corrected chi connectivity index (χ1v) is 10.9. The van der Waals surface area contributed by atoms with E-state index in [0.717, 1.165) is 32.7 Å². The number of benzene rings is 1. The molecule has 2 N–H and O–H groups in total. The smallest absolute Gasteiger partial charge is 0.475 e. The lowest BCUT2D eigenvalue weighted by Crippen LogP contribution is -2.42. The molecule has 0 bridgehead atoms. The maximum absolute atomic E-state index is 11.4. The number of halogens is 3. The highest BCUT2D eigenvalue weighted by atomic mass is 32.2. The summed E-state index contributed by atoms with van der Waals surface area (Å²) in [6, 6.07) is 10.5. The average molecular weight is 438 g/mol. The zero-order chi connectivity index (χ0) is 21.7. The lowest BCUT2D eigenvalue weighted by atomic mass is 9.81. The molecule has 1 aromatic carbocycles. The summed E-state index contributed by atoms with van der Waals surface area (Å²) in [5.74, 6) is -2.33. The fourth-order valence-electron chi connectivity index (χ4n) is 3.57. The van der Waals surface area contributed by atoms with Gasteiger partial charge in [0.25, 0.3) is 0 Å². The van der Waals surface area contributed by atoms with Gasteiger partial charge in [0.05, 0.1) is 19.5 Å². The number of nitrogens with one attached hydrogen (secondary N) is 1. The predicted molar refractivity (Wildman–Crippen MR) is 99.9 cm³/mol. The molecule has 11 heteroatoms. The van der Waals surface area contributed by atoms with Gasteiger partial charge in [-0.05, 0) is 12.0 Å². The van der Waals surface area contributed by atoms with E-state index in [0.29, 0.717) is 19.1 Å². The van der Waals surface area contributed by atoms with Gasteiger partial charge in [-0.3, -0.25) is 0 Å². The molecule has 0 radical (unpaired) electrons. The number of sulfonamides is 1. The number of hydrogen-bond acceptors (Lipinski definition) is 5. The molecule has 7 nitrogen and oxygen atoms in total. The molecule has 2 atom stereocenters. The molecule has 29 heavy (non-hydrogen) atoms. The molecular formula is C18H25F3N2O5S. The van der Waals surface area contributed by atoms with Crippen molar-refractivity contribution in [2.24, 2.45) is 11.3 Å². The van der Waals surface area contributed by atoms with Crippen LogP contribution in [0.2, 0.25) is 0 Å². The van der Waals surface area contributed by atoms with Crippen LogP contribution >= 0.6 is 0 Å². The van der Waals surface area contributed by atoms with Gasteiger partial charge in [0, 0.05) is 37.5 Å². The lowest BCUT2D eigenvalue weighted by molar-refractivity contribution is -0.192. The Morgan fingerprint density at radius 2 is 1.97 bits per heavy atom. The summed E-state index contributed by atoms with van der Waals surface area (Å²) in [5, 5.41) is 7.12. The van der Waals surface area contributed by atoms with E-state index in [1.165, 1.54) is 11.8 Å². The number of carbonyl (C=O) groups is 1. The Morgan fingerprint density at radius 3 is 2.52 bits per heavy atom. The molecule has 0 unspecified atom stereocenters. The largest absolute Gasteiger partial charge is 0.490 e. The first-order chi connectivity index (χ1) is 13.4. The molecule has 0 amide bonds. The van der Waals surface area contributed by atoms with E-state index in [1.807, 2.05) is 6.07 Å². The van der Waals surface area contributed by atoms with E-state index < -0.39 is 22.2 Å². The van der Waals surface area contributed by atoms with Gasteiger partial charge in [-0.2, -0.15) is 13.2 Å². The number of ether oxygens (including phenoxy) is 1. The Balaban J connectivity index is 0.000000370. The third-order valence-electron chi connectivity index (χ3n) is 5.08. The second-order valence-electron chi connectivity index (χ2n) is 7.44.